The van der Waals surface area contributed by atoms with E-state index in [9.17, 15) is 14.0 Å². The van der Waals surface area contributed by atoms with E-state index in [1.54, 1.807) is 17.0 Å². The minimum Gasteiger partial charge on any atom is -0.352 e. The molecule has 0 bridgehead atoms. The second-order valence-corrected chi connectivity index (χ2v) is 8.17. The SMILES string of the molecule is CC[C@@H](C(=O)NC1CCCC1)N(Cc1ccc(F)cc1)C(=O)Cc1ccccc1C. The molecule has 1 atom stereocenters. The van der Waals surface area contributed by atoms with Crippen LogP contribution in [0.2, 0.25) is 0 Å². The maximum atomic E-state index is 13.4. The second-order valence-electron chi connectivity index (χ2n) is 8.17. The summed E-state index contributed by atoms with van der Waals surface area (Å²) in [5.74, 6) is -0.505. The molecule has 160 valence electrons. The van der Waals surface area contributed by atoms with Crippen molar-refractivity contribution in [3.8, 4) is 0 Å². The molecule has 5 heteroatoms. The lowest BCUT2D eigenvalue weighted by Gasteiger charge is -2.31. The number of rotatable bonds is 8. The fraction of sp³-hybridized carbons (Fsp3) is 0.440. The Hall–Kier alpha value is -2.69. The van der Waals surface area contributed by atoms with E-state index in [0.29, 0.717) is 6.42 Å². The van der Waals surface area contributed by atoms with Crippen LogP contribution < -0.4 is 5.32 Å². The summed E-state index contributed by atoms with van der Waals surface area (Å²) in [6.07, 6.45) is 5.02. The molecule has 3 rings (SSSR count). The molecule has 1 aliphatic carbocycles. The molecule has 30 heavy (non-hydrogen) atoms. The summed E-state index contributed by atoms with van der Waals surface area (Å²) in [7, 11) is 0. The summed E-state index contributed by atoms with van der Waals surface area (Å²) in [6, 6.07) is 13.6. The third-order valence-electron chi connectivity index (χ3n) is 5.96. The van der Waals surface area contributed by atoms with Gasteiger partial charge in [0.25, 0.3) is 0 Å². The zero-order valence-electron chi connectivity index (χ0n) is 17.9. The molecule has 2 aromatic carbocycles. The Morgan fingerprint density at radius 1 is 1.10 bits per heavy atom. The van der Waals surface area contributed by atoms with Gasteiger partial charge in [-0.2, -0.15) is 0 Å². The van der Waals surface area contributed by atoms with E-state index in [1.165, 1.54) is 12.1 Å². The molecule has 0 spiro atoms. The molecule has 1 saturated carbocycles. The molecule has 2 amide bonds. The van der Waals surface area contributed by atoms with Gasteiger partial charge < -0.3 is 10.2 Å². The van der Waals surface area contributed by atoms with Gasteiger partial charge >= 0.3 is 0 Å². The molecule has 0 aliphatic heterocycles. The molecule has 0 heterocycles. The van der Waals surface area contributed by atoms with Gasteiger partial charge in [0.05, 0.1) is 6.42 Å². The van der Waals surface area contributed by atoms with Crippen LogP contribution in [-0.4, -0.2) is 28.8 Å². The molecule has 1 fully saturated rings. The number of nitrogens with one attached hydrogen (secondary N) is 1. The van der Waals surface area contributed by atoms with Crippen molar-refractivity contribution in [3.63, 3.8) is 0 Å². The normalized spacial score (nSPS) is 15.0. The third kappa shape index (κ3) is 5.68. The van der Waals surface area contributed by atoms with Crippen molar-refractivity contribution in [2.75, 3.05) is 0 Å². The summed E-state index contributed by atoms with van der Waals surface area (Å²) < 4.78 is 13.4. The Kier molecular flexibility index (Phi) is 7.61. The van der Waals surface area contributed by atoms with E-state index in [4.69, 9.17) is 0 Å². The van der Waals surface area contributed by atoms with Crippen LogP contribution in [0.15, 0.2) is 48.5 Å². The van der Waals surface area contributed by atoms with Gasteiger partial charge in [-0.25, -0.2) is 4.39 Å². The maximum Gasteiger partial charge on any atom is 0.243 e. The van der Waals surface area contributed by atoms with Gasteiger partial charge in [0, 0.05) is 12.6 Å². The Labute approximate surface area is 178 Å². The summed E-state index contributed by atoms with van der Waals surface area (Å²) >= 11 is 0. The predicted octanol–water partition coefficient (Wildman–Crippen LogP) is 4.54. The number of halogens is 1. The van der Waals surface area contributed by atoms with E-state index in [1.807, 2.05) is 38.1 Å². The number of amides is 2. The first-order valence-corrected chi connectivity index (χ1v) is 10.9. The van der Waals surface area contributed by atoms with Crippen molar-refractivity contribution in [2.24, 2.45) is 0 Å². The monoisotopic (exact) mass is 410 g/mol. The van der Waals surface area contributed by atoms with Crippen molar-refractivity contribution < 1.29 is 14.0 Å². The van der Waals surface area contributed by atoms with Gasteiger partial charge in [0.15, 0.2) is 0 Å². The standard InChI is InChI=1S/C25H31FN2O2/c1-3-23(25(30)27-22-10-6-7-11-22)28(17-19-12-14-21(26)15-13-19)24(29)16-20-9-5-4-8-18(20)2/h4-5,8-9,12-15,22-23H,3,6-7,10-11,16-17H2,1-2H3,(H,27,30)/t23-/m0/s1. The average Bonchev–Trinajstić information content (AvgIpc) is 3.24. The van der Waals surface area contributed by atoms with Gasteiger partial charge in [0.2, 0.25) is 11.8 Å². The van der Waals surface area contributed by atoms with Crippen LogP contribution >= 0.6 is 0 Å². The molecule has 2 aromatic rings. The largest absolute Gasteiger partial charge is 0.352 e. The van der Waals surface area contributed by atoms with Gasteiger partial charge in [-0.15, -0.1) is 0 Å². The third-order valence-corrected chi connectivity index (χ3v) is 5.96. The molecule has 4 nitrogen and oxygen atoms in total. The van der Waals surface area contributed by atoms with E-state index < -0.39 is 6.04 Å². The lowest BCUT2D eigenvalue weighted by atomic mass is 10.0. The quantitative estimate of drug-likeness (QED) is 0.694. The summed E-state index contributed by atoms with van der Waals surface area (Å²) in [5.41, 5.74) is 2.82. The van der Waals surface area contributed by atoms with E-state index in [2.05, 4.69) is 5.32 Å². The lowest BCUT2D eigenvalue weighted by molar-refractivity contribution is -0.141. The highest BCUT2D eigenvalue weighted by atomic mass is 19.1. The fourth-order valence-electron chi connectivity index (χ4n) is 4.15. The summed E-state index contributed by atoms with van der Waals surface area (Å²) in [5, 5.41) is 3.14. The zero-order valence-corrected chi connectivity index (χ0v) is 17.9. The molecular weight excluding hydrogens is 379 g/mol. The topological polar surface area (TPSA) is 49.4 Å². The van der Waals surface area contributed by atoms with Gasteiger partial charge in [-0.3, -0.25) is 9.59 Å². The second kappa shape index (κ2) is 10.4. The van der Waals surface area contributed by atoms with Crippen molar-refractivity contribution in [1.82, 2.24) is 10.2 Å². The highest BCUT2D eigenvalue weighted by Crippen LogP contribution is 2.20. The van der Waals surface area contributed by atoms with E-state index in [-0.39, 0.29) is 36.6 Å². The van der Waals surface area contributed by atoms with E-state index >= 15 is 0 Å². The molecule has 1 N–H and O–H groups in total. The number of carbonyl (C=O) groups excluding carboxylic acids is 2. The molecule has 0 aromatic heterocycles. The molecule has 0 unspecified atom stereocenters. The van der Waals surface area contributed by atoms with Gasteiger partial charge in [0.1, 0.15) is 11.9 Å². The smallest absolute Gasteiger partial charge is 0.243 e. The first-order chi connectivity index (χ1) is 14.5. The number of carbonyl (C=O) groups is 2. The summed E-state index contributed by atoms with van der Waals surface area (Å²) in [6.45, 7) is 4.19. The van der Waals surface area contributed by atoms with Crippen molar-refractivity contribution >= 4 is 11.8 Å². The Morgan fingerprint density at radius 2 is 1.77 bits per heavy atom. The molecule has 0 radical (unpaired) electrons. The Bertz CT molecular complexity index is 860. The first kappa shape index (κ1) is 22.0. The molecular formula is C25H31FN2O2. The Morgan fingerprint density at radius 3 is 2.40 bits per heavy atom. The lowest BCUT2D eigenvalue weighted by Crippen LogP contribution is -2.51. The van der Waals surface area contributed by atoms with Crippen LogP contribution in [0.3, 0.4) is 0 Å². The van der Waals surface area contributed by atoms with Gasteiger partial charge in [-0.1, -0.05) is 56.2 Å². The number of aryl methyl sites for hydroxylation is 1. The van der Waals surface area contributed by atoms with Crippen LogP contribution in [0.4, 0.5) is 4.39 Å². The van der Waals surface area contributed by atoms with Gasteiger partial charge in [-0.05, 0) is 55.0 Å². The van der Waals surface area contributed by atoms with Crippen molar-refractivity contribution in [1.29, 1.82) is 0 Å². The minimum atomic E-state index is -0.549. The zero-order chi connectivity index (χ0) is 21.5. The minimum absolute atomic E-state index is 0.0929. The molecule has 1 aliphatic rings. The van der Waals surface area contributed by atoms with Crippen molar-refractivity contribution in [2.45, 2.75) is 71.0 Å². The first-order valence-electron chi connectivity index (χ1n) is 10.9. The predicted molar refractivity (Wildman–Crippen MR) is 116 cm³/mol. The van der Waals surface area contributed by atoms with Crippen molar-refractivity contribution in [3.05, 3.63) is 71.0 Å². The van der Waals surface area contributed by atoms with Crippen LogP contribution in [0, 0.1) is 12.7 Å². The molecule has 0 saturated heterocycles. The maximum absolute atomic E-state index is 13.4. The number of nitrogens with zero attached hydrogens (tertiary/aromatic N) is 1. The van der Waals surface area contributed by atoms with Crippen LogP contribution in [0.5, 0.6) is 0 Å². The average molecular weight is 411 g/mol. The summed E-state index contributed by atoms with van der Waals surface area (Å²) in [4.78, 5) is 28.1. The highest BCUT2D eigenvalue weighted by molar-refractivity contribution is 5.88. The number of hydrogen-bond acceptors (Lipinski definition) is 2. The fourth-order valence-corrected chi connectivity index (χ4v) is 4.15. The number of benzene rings is 2. The van der Waals surface area contributed by atoms with Crippen LogP contribution in [0.25, 0.3) is 0 Å². The van der Waals surface area contributed by atoms with Crippen LogP contribution in [0.1, 0.15) is 55.7 Å². The van der Waals surface area contributed by atoms with E-state index in [0.717, 1.165) is 42.4 Å². The van der Waals surface area contributed by atoms with Crippen LogP contribution in [-0.2, 0) is 22.6 Å². The highest BCUT2D eigenvalue weighted by Gasteiger charge is 2.30. The number of hydrogen-bond donors (Lipinski definition) is 1. The Balaban J connectivity index is 1.82.